The smallest absolute Gasteiger partial charge is 0.362 e. The molecular weight excluding hydrogens is 134 g/mol. The van der Waals surface area contributed by atoms with Gasteiger partial charge in [-0.2, -0.15) is 0 Å². The molecule has 0 radical (unpaired) electrons. The van der Waals surface area contributed by atoms with Crippen LogP contribution in [0.1, 0.15) is 6.42 Å². The van der Waals surface area contributed by atoms with E-state index in [2.05, 4.69) is 0 Å². The van der Waals surface area contributed by atoms with Gasteiger partial charge in [-0.25, -0.2) is 4.79 Å². The maximum atomic E-state index is 10.4. The molecule has 10 heavy (non-hydrogen) atoms. The summed E-state index contributed by atoms with van der Waals surface area (Å²) in [6, 6.07) is -0.322. The lowest BCUT2D eigenvalue weighted by Crippen LogP contribution is -2.88. The number of aliphatic carboxylic acids is 1. The Bertz CT molecular complexity index is 137. The fourth-order valence-corrected chi connectivity index (χ4v) is 1.26. The van der Waals surface area contributed by atoms with Crippen molar-refractivity contribution in [1.82, 2.24) is 0 Å². The summed E-state index contributed by atoms with van der Waals surface area (Å²) >= 11 is 0. The van der Waals surface area contributed by atoms with Gasteiger partial charge < -0.3 is 15.5 Å². The van der Waals surface area contributed by atoms with Gasteiger partial charge in [0, 0.05) is 12.3 Å². The highest BCUT2D eigenvalue weighted by molar-refractivity contribution is 5.71. The molecule has 0 saturated carbocycles. The van der Waals surface area contributed by atoms with Crippen LogP contribution in [0.3, 0.4) is 0 Å². The van der Waals surface area contributed by atoms with E-state index >= 15 is 0 Å². The third-order valence-electron chi connectivity index (χ3n) is 1.92. The fourth-order valence-electron chi connectivity index (χ4n) is 1.26. The van der Waals surface area contributed by atoms with E-state index in [9.17, 15) is 4.79 Å². The number of carboxylic acid groups (broad SMARTS) is 1. The molecule has 1 rings (SSSR count). The molecule has 0 spiro atoms. The van der Waals surface area contributed by atoms with E-state index < -0.39 is 5.97 Å². The van der Waals surface area contributed by atoms with Crippen molar-refractivity contribution in [1.29, 1.82) is 0 Å². The third kappa shape index (κ3) is 1.46. The summed E-state index contributed by atoms with van der Waals surface area (Å²) in [6.07, 6.45) is 0.603. The molecule has 4 N–H and O–H groups in total. The molecule has 1 aliphatic rings. The Kier molecular flexibility index (Phi) is 2.24. The summed E-state index contributed by atoms with van der Waals surface area (Å²) in [6.45, 7) is 0.855. The number of hydrogen-bond acceptors (Lipinski definition) is 2. The lowest BCUT2D eigenvalue weighted by atomic mass is 10.1. The monoisotopic (exact) mass is 146 g/mol. The van der Waals surface area contributed by atoms with Gasteiger partial charge in [-0.15, -0.1) is 0 Å². The third-order valence-corrected chi connectivity index (χ3v) is 1.92. The first-order chi connectivity index (χ1) is 4.74. The Hall–Kier alpha value is -0.610. The second-order valence-corrected chi connectivity index (χ2v) is 2.70. The molecule has 1 aliphatic heterocycles. The van der Waals surface area contributed by atoms with Gasteiger partial charge in [0.1, 0.15) is 0 Å². The molecule has 1 saturated heterocycles. The number of carboxylic acids is 1. The van der Waals surface area contributed by atoms with Gasteiger partial charge >= 0.3 is 5.97 Å². The minimum atomic E-state index is -0.768. The zero-order chi connectivity index (χ0) is 7.56. The first-order valence-corrected chi connectivity index (χ1v) is 3.41. The number of hydrogen-bond donors (Lipinski definition) is 3. The van der Waals surface area contributed by atoms with Crippen molar-refractivity contribution in [2.24, 2.45) is 5.92 Å². The van der Waals surface area contributed by atoms with Crippen molar-refractivity contribution in [3.63, 3.8) is 0 Å². The van der Waals surface area contributed by atoms with E-state index in [1.54, 1.807) is 5.32 Å². The lowest BCUT2D eigenvalue weighted by Gasteiger charge is -1.97. The molecule has 58 valence electrons. The molecule has 1 unspecified atom stereocenters. The van der Waals surface area contributed by atoms with Crippen molar-refractivity contribution < 1.29 is 20.3 Å². The Morgan fingerprint density at radius 3 is 2.70 bits per heavy atom. The quantitative estimate of drug-likeness (QED) is 0.422. The lowest BCUT2D eigenvalue weighted by molar-refractivity contribution is -0.661. The number of quaternary nitrogens is 1. The summed E-state index contributed by atoms with van der Waals surface area (Å²) in [5.74, 6) is -0.586. The van der Waals surface area contributed by atoms with Crippen LogP contribution in [0.15, 0.2) is 0 Å². The van der Waals surface area contributed by atoms with Crippen LogP contribution >= 0.6 is 0 Å². The highest BCUT2D eigenvalue weighted by atomic mass is 16.4. The first-order valence-electron chi connectivity index (χ1n) is 3.41. The van der Waals surface area contributed by atoms with Crippen molar-refractivity contribution >= 4 is 5.97 Å². The maximum Gasteiger partial charge on any atom is 0.362 e. The topological polar surface area (TPSA) is 74.1 Å². The van der Waals surface area contributed by atoms with Crippen molar-refractivity contribution in [3.05, 3.63) is 0 Å². The number of aliphatic hydroxyl groups excluding tert-OH is 1. The largest absolute Gasteiger partial charge is 0.477 e. The van der Waals surface area contributed by atoms with Gasteiger partial charge in [0.15, 0.2) is 6.04 Å². The summed E-state index contributed by atoms with van der Waals surface area (Å²) < 4.78 is 0. The van der Waals surface area contributed by atoms with E-state index in [0.29, 0.717) is 6.42 Å². The van der Waals surface area contributed by atoms with Gasteiger partial charge in [0.2, 0.25) is 0 Å². The molecule has 0 bridgehead atoms. The highest BCUT2D eigenvalue weighted by Crippen LogP contribution is 2.06. The Balaban J connectivity index is 2.35. The average Bonchev–Trinajstić information content (AvgIpc) is 2.34. The van der Waals surface area contributed by atoms with E-state index in [4.69, 9.17) is 10.2 Å². The fraction of sp³-hybridized carbons (Fsp3) is 0.833. The van der Waals surface area contributed by atoms with E-state index in [1.165, 1.54) is 0 Å². The molecule has 0 amide bonds. The van der Waals surface area contributed by atoms with Crippen LogP contribution in [0.25, 0.3) is 0 Å². The number of nitrogens with two attached hydrogens (primary N) is 1. The maximum absolute atomic E-state index is 10.4. The molecule has 2 atom stereocenters. The number of carbonyl (C=O) groups is 1. The minimum Gasteiger partial charge on any atom is -0.477 e. The summed E-state index contributed by atoms with van der Waals surface area (Å²) in [4.78, 5) is 10.4. The van der Waals surface area contributed by atoms with Gasteiger partial charge in [0.25, 0.3) is 0 Å². The Labute approximate surface area is 58.9 Å². The van der Waals surface area contributed by atoms with Crippen LogP contribution in [-0.2, 0) is 4.79 Å². The normalized spacial score (nSPS) is 32.5. The molecule has 0 aromatic rings. The predicted octanol–water partition coefficient (Wildman–Crippen LogP) is -1.98. The minimum absolute atomic E-state index is 0.111. The van der Waals surface area contributed by atoms with Gasteiger partial charge in [-0.05, 0) is 0 Å². The highest BCUT2D eigenvalue weighted by Gasteiger charge is 2.32. The Morgan fingerprint density at radius 1 is 1.70 bits per heavy atom. The number of aliphatic hydroxyl groups is 1. The zero-order valence-corrected chi connectivity index (χ0v) is 5.66. The average molecular weight is 146 g/mol. The second kappa shape index (κ2) is 2.98. The van der Waals surface area contributed by atoms with Gasteiger partial charge in [0.05, 0.1) is 13.2 Å². The molecule has 0 aromatic heterocycles. The van der Waals surface area contributed by atoms with Crippen LogP contribution in [0.2, 0.25) is 0 Å². The molecule has 0 aromatic carbocycles. The van der Waals surface area contributed by atoms with Gasteiger partial charge in [-0.3, -0.25) is 0 Å². The SMILES string of the molecule is O=C(O)[C@@H]1CC(CO)C[NH2+]1. The van der Waals surface area contributed by atoms with E-state index in [-0.39, 0.29) is 18.6 Å². The van der Waals surface area contributed by atoms with Crippen LogP contribution in [0.4, 0.5) is 0 Å². The van der Waals surface area contributed by atoms with Crippen LogP contribution in [0.5, 0.6) is 0 Å². The van der Waals surface area contributed by atoms with Crippen LogP contribution in [0, 0.1) is 5.92 Å². The first kappa shape index (κ1) is 7.50. The molecule has 4 nitrogen and oxygen atoms in total. The standard InChI is InChI=1S/C6H11NO3/c8-3-4-1-5(6(9)10)7-2-4/h4-5,7-8H,1-3H2,(H,9,10)/p+1/t4?,5-/m0/s1. The van der Waals surface area contributed by atoms with Crippen molar-refractivity contribution in [2.45, 2.75) is 12.5 Å². The summed E-state index contributed by atoms with van der Waals surface area (Å²) in [5, 5.41) is 18.9. The molecule has 4 heteroatoms. The predicted molar refractivity (Wildman–Crippen MR) is 33.4 cm³/mol. The van der Waals surface area contributed by atoms with Gasteiger partial charge in [-0.1, -0.05) is 0 Å². The van der Waals surface area contributed by atoms with Crippen LogP contribution in [-0.4, -0.2) is 35.4 Å². The molecule has 1 heterocycles. The second-order valence-electron chi connectivity index (χ2n) is 2.70. The van der Waals surface area contributed by atoms with Crippen molar-refractivity contribution in [2.75, 3.05) is 13.2 Å². The van der Waals surface area contributed by atoms with Crippen LogP contribution < -0.4 is 5.32 Å². The van der Waals surface area contributed by atoms with Crippen molar-refractivity contribution in [3.8, 4) is 0 Å². The van der Waals surface area contributed by atoms with E-state index in [1.807, 2.05) is 0 Å². The molecular formula is C6H12NO3+. The van der Waals surface area contributed by atoms with E-state index in [0.717, 1.165) is 6.54 Å². The molecule has 1 fully saturated rings. The zero-order valence-electron chi connectivity index (χ0n) is 5.66. The number of rotatable bonds is 2. The summed E-state index contributed by atoms with van der Waals surface area (Å²) in [7, 11) is 0. The Morgan fingerprint density at radius 2 is 2.40 bits per heavy atom. The summed E-state index contributed by atoms with van der Waals surface area (Å²) in [5.41, 5.74) is 0. The molecule has 0 aliphatic carbocycles.